The SMILES string of the molecule is CNc1c(C)c(C(F)(F)F)nc2cc(F)c(Br)cc12. The van der Waals surface area contributed by atoms with Crippen LogP contribution in [0.5, 0.6) is 0 Å². The first-order chi connectivity index (χ1) is 8.75. The fourth-order valence-electron chi connectivity index (χ4n) is 1.95. The van der Waals surface area contributed by atoms with Gasteiger partial charge in [-0.05, 0) is 28.9 Å². The van der Waals surface area contributed by atoms with E-state index in [1.165, 1.54) is 20.0 Å². The minimum absolute atomic E-state index is 0.0130. The van der Waals surface area contributed by atoms with Gasteiger partial charge in [-0.15, -0.1) is 0 Å². The van der Waals surface area contributed by atoms with Crippen molar-refractivity contribution < 1.29 is 17.6 Å². The first-order valence-electron chi connectivity index (χ1n) is 5.30. The topological polar surface area (TPSA) is 24.9 Å². The number of nitrogens with zero attached hydrogens (tertiary/aromatic N) is 1. The molecule has 0 saturated heterocycles. The maximum atomic E-state index is 13.4. The van der Waals surface area contributed by atoms with E-state index in [9.17, 15) is 17.6 Å². The maximum absolute atomic E-state index is 13.4. The second-order valence-electron chi connectivity index (χ2n) is 3.99. The number of halogens is 5. The third kappa shape index (κ3) is 2.39. The second kappa shape index (κ2) is 4.63. The van der Waals surface area contributed by atoms with Crippen LogP contribution < -0.4 is 5.32 Å². The number of fused-ring (bicyclic) bond motifs is 1. The van der Waals surface area contributed by atoms with Gasteiger partial charge in [-0.3, -0.25) is 0 Å². The highest BCUT2D eigenvalue weighted by Gasteiger charge is 2.36. The molecule has 0 bridgehead atoms. The van der Waals surface area contributed by atoms with Crippen molar-refractivity contribution in [3.8, 4) is 0 Å². The minimum Gasteiger partial charge on any atom is -0.387 e. The number of aromatic nitrogens is 1. The predicted molar refractivity (Wildman–Crippen MR) is 68.7 cm³/mol. The number of anilines is 1. The third-order valence-corrected chi connectivity index (χ3v) is 3.40. The molecule has 0 radical (unpaired) electrons. The highest BCUT2D eigenvalue weighted by molar-refractivity contribution is 9.10. The molecule has 1 aromatic heterocycles. The van der Waals surface area contributed by atoms with Gasteiger partial charge in [0.2, 0.25) is 0 Å². The summed E-state index contributed by atoms with van der Waals surface area (Å²) < 4.78 is 52.2. The highest BCUT2D eigenvalue weighted by atomic mass is 79.9. The zero-order valence-electron chi connectivity index (χ0n) is 9.99. The Morgan fingerprint density at radius 3 is 2.42 bits per heavy atom. The monoisotopic (exact) mass is 336 g/mol. The van der Waals surface area contributed by atoms with Crippen molar-refractivity contribution in [3.63, 3.8) is 0 Å². The summed E-state index contributed by atoms with van der Waals surface area (Å²) in [6, 6.07) is 2.39. The molecule has 0 fully saturated rings. The quantitative estimate of drug-likeness (QED) is 0.775. The molecule has 0 spiro atoms. The van der Waals surface area contributed by atoms with E-state index in [-0.39, 0.29) is 21.2 Å². The Balaban J connectivity index is 2.91. The number of benzene rings is 1. The first kappa shape index (κ1) is 14.0. The number of pyridine rings is 1. The van der Waals surface area contributed by atoms with E-state index < -0.39 is 17.7 Å². The molecule has 2 nitrogen and oxygen atoms in total. The van der Waals surface area contributed by atoms with Gasteiger partial charge in [0.15, 0.2) is 0 Å². The molecule has 1 N–H and O–H groups in total. The van der Waals surface area contributed by atoms with Gasteiger partial charge in [0.25, 0.3) is 0 Å². The number of hydrogen-bond donors (Lipinski definition) is 1. The second-order valence-corrected chi connectivity index (χ2v) is 4.85. The molecule has 0 unspecified atom stereocenters. The van der Waals surface area contributed by atoms with Crippen molar-refractivity contribution in [3.05, 3.63) is 33.7 Å². The van der Waals surface area contributed by atoms with Gasteiger partial charge in [-0.1, -0.05) is 0 Å². The number of hydrogen-bond acceptors (Lipinski definition) is 2. The largest absolute Gasteiger partial charge is 0.433 e. The van der Waals surface area contributed by atoms with E-state index in [0.717, 1.165) is 6.07 Å². The Bertz CT molecular complexity index is 652. The molecule has 0 aliphatic heterocycles. The number of nitrogens with one attached hydrogen (secondary N) is 1. The van der Waals surface area contributed by atoms with E-state index in [0.29, 0.717) is 5.39 Å². The van der Waals surface area contributed by atoms with Crippen LogP contribution in [-0.4, -0.2) is 12.0 Å². The summed E-state index contributed by atoms with van der Waals surface area (Å²) in [5.41, 5.74) is -0.770. The summed E-state index contributed by atoms with van der Waals surface area (Å²) in [7, 11) is 1.51. The zero-order valence-corrected chi connectivity index (χ0v) is 11.6. The molecule has 7 heteroatoms. The van der Waals surface area contributed by atoms with Crippen LogP contribution in [0, 0.1) is 12.7 Å². The molecule has 2 aromatic rings. The van der Waals surface area contributed by atoms with Gasteiger partial charge in [0.05, 0.1) is 9.99 Å². The maximum Gasteiger partial charge on any atom is 0.433 e. The van der Waals surface area contributed by atoms with Crippen LogP contribution >= 0.6 is 15.9 Å². The smallest absolute Gasteiger partial charge is 0.387 e. The lowest BCUT2D eigenvalue weighted by molar-refractivity contribution is -0.141. The molecule has 1 aromatic carbocycles. The fourth-order valence-corrected chi connectivity index (χ4v) is 2.30. The first-order valence-corrected chi connectivity index (χ1v) is 6.09. The molecule has 102 valence electrons. The van der Waals surface area contributed by atoms with Crippen LogP contribution in [0.2, 0.25) is 0 Å². The molecular formula is C12H9BrF4N2. The molecule has 19 heavy (non-hydrogen) atoms. The third-order valence-electron chi connectivity index (χ3n) is 2.79. The van der Waals surface area contributed by atoms with E-state index in [1.54, 1.807) is 0 Å². The summed E-state index contributed by atoms with van der Waals surface area (Å²) in [6.07, 6.45) is -4.58. The van der Waals surface area contributed by atoms with E-state index in [2.05, 4.69) is 26.2 Å². The van der Waals surface area contributed by atoms with Gasteiger partial charge >= 0.3 is 6.18 Å². The normalized spacial score (nSPS) is 11.9. The Morgan fingerprint density at radius 1 is 1.26 bits per heavy atom. The predicted octanol–water partition coefficient (Wildman–Crippen LogP) is 4.51. The number of alkyl halides is 3. The molecule has 0 aliphatic carbocycles. The summed E-state index contributed by atoms with van der Waals surface area (Å²) in [6.45, 7) is 1.33. The van der Waals surface area contributed by atoms with Crippen molar-refractivity contribution in [2.75, 3.05) is 12.4 Å². The van der Waals surface area contributed by atoms with Crippen LogP contribution in [-0.2, 0) is 6.18 Å². The molecule has 1 heterocycles. The Labute approximate surface area is 115 Å². The van der Waals surface area contributed by atoms with Crippen LogP contribution in [0.25, 0.3) is 10.9 Å². The van der Waals surface area contributed by atoms with Crippen LogP contribution in [0.15, 0.2) is 16.6 Å². The van der Waals surface area contributed by atoms with Gasteiger partial charge in [-0.2, -0.15) is 13.2 Å². The molecule has 0 saturated carbocycles. The Hall–Kier alpha value is -1.37. The summed E-state index contributed by atoms with van der Waals surface area (Å²) in [4.78, 5) is 3.53. The summed E-state index contributed by atoms with van der Waals surface area (Å²) in [5.74, 6) is -0.654. The molecule has 0 atom stereocenters. The van der Waals surface area contributed by atoms with Crippen LogP contribution in [0.3, 0.4) is 0 Å². The minimum atomic E-state index is -4.58. The molecule has 0 aliphatic rings. The van der Waals surface area contributed by atoms with Gasteiger partial charge in [-0.25, -0.2) is 9.37 Å². The lowest BCUT2D eigenvalue weighted by Crippen LogP contribution is -2.12. The standard InChI is InChI=1S/C12H9BrF4N2/c1-5-10(18-2)6-3-7(13)8(14)4-9(6)19-11(5)12(15,16)17/h3-4H,1-2H3,(H,18,19). The Morgan fingerprint density at radius 2 is 1.89 bits per heavy atom. The summed E-state index contributed by atoms with van der Waals surface area (Å²) in [5, 5.41) is 3.15. The van der Waals surface area contributed by atoms with E-state index >= 15 is 0 Å². The van der Waals surface area contributed by atoms with Crippen molar-refractivity contribution in [1.82, 2.24) is 4.98 Å². The lowest BCUT2D eigenvalue weighted by atomic mass is 10.1. The zero-order chi connectivity index (χ0) is 14.4. The van der Waals surface area contributed by atoms with Crippen molar-refractivity contribution >= 4 is 32.5 Å². The van der Waals surface area contributed by atoms with Gasteiger partial charge < -0.3 is 5.32 Å². The molecular weight excluding hydrogens is 328 g/mol. The number of rotatable bonds is 1. The Kier molecular flexibility index (Phi) is 3.42. The average molecular weight is 337 g/mol. The average Bonchev–Trinajstić information content (AvgIpc) is 2.29. The van der Waals surface area contributed by atoms with E-state index in [4.69, 9.17) is 0 Å². The van der Waals surface area contributed by atoms with Crippen LogP contribution in [0.4, 0.5) is 23.2 Å². The fraction of sp³-hybridized carbons (Fsp3) is 0.250. The van der Waals surface area contributed by atoms with Crippen molar-refractivity contribution in [2.45, 2.75) is 13.1 Å². The van der Waals surface area contributed by atoms with Gasteiger partial charge in [0.1, 0.15) is 11.5 Å². The van der Waals surface area contributed by atoms with Crippen molar-refractivity contribution in [2.24, 2.45) is 0 Å². The van der Waals surface area contributed by atoms with Crippen molar-refractivity contribution in [1.29, 1.82) is 0 Å². The highest BCUT2D eigenvalue weighted by Crippen LogP contribution is 2.38. The molecule has 2 rings (SSSR count). The van der Waals surface area contributed by atoms with Gasteiger partial charge in [0, 0.05) is 29.8 Å². The van der Waals surface area contributed by atoms with Crippen LogP contribution in [0.1, 0.15) is 11.3 Å². The lowest BCUT2D eigenvalue weighted by Gasteiger charge is -2.16. The summed E-state index contributed by atoms with van der Waals surface area (Å²) >= 11 is 3.01. The molecule has 0 amide bonds. The van der Waals surface area contributed by atoms with E-state index in [1.807, 2.05) is 0 Å².